The number of nitriles is 1. The summed E-state index contributed by atoms with van der Waals surface area (Å²) in [6, 6.07) is 13.6. The molecular formula is C25H17ClF3N5O4. The van der Waals surface area contributed by atoms with E-state index in [1.54, 1.807) is 30.3 Å². The van der Waals surface area contributed by atoms with Crippen LogP contribution in [-0.2, 0) is 19.0 Å². The van der Waals surface area contributed by atoms with Crippen LogP contribution in [-0.4, -0.2) is 27.7 Å². The van der Waals surface area contributed by atoms with Gasteiger partial charge in [-0.05, 0) is 47.5 Å². The molecule has 0 aliphatic carbocycles. The van der Waals surface area contributed by atoms with Crippen molar-refractivity contribution >= 4 is 23.2 Å². The van der Waals surface area contributed by atoms with Gasteiger partial charge in [0, 0.05) is 23.2 Å². The van der Waals surface area contributed by atoms with E-state index in [1.165, 1.54) is 18.2 Å². The third-order valence-electron chi connectivity index (χ3n) is 5.28. The topological polar surface area (TPSA) is 134 Å². The van der Waals surface area contributed by atoms with Crippen LogP contribution < -0.4 is 15.8 Å². The molecule has 2 aromatic heterocycles. The zero-order valence-electron chi connectivity index (χ0n) is 19.3. The standard InChI is InChI=1S/C25H17ClF3N5O4/c26-18-6-5-14(9-15(18)10-17-13-31-21(25(27,28)29)11-16(17)12-30)23(35)32-19-3-1-2-4-20(19)37-8-7-22-33-34-24(36)38-22/h1-6,9,11,13H,7-8,10H2,(H,32,35)(H,34,36). The maximum Gasteiger partial charge on any atom is 0.434 e. The molecule has 9 nitrogen and oxygen atoms in total. The Hall–Kier alpha value is -4.63. The lowest BCUT2D eigenvalue weighted by Gasteiger charge is -2.13. The molecule has 0 fully saturated rings. The first-order chi connectivity index (χ1) is 18.1. The summed E-state index contributed by atoms with van der Waals surface area (Å²) in [4.78, 5) is 27.4. The van der Waals surface area contributed by atoms with Crippen LogP contribution in [0, 0.1) is 11.3 Å². The first kappa shape index (κ1) is 26.4. The van der Waals surface area contributed by atoms with Crippen LogP contribution in [0.4, 0.5) is 18.9 Å². The van der Waals surface area contributed by atoms with Gasteiger partial charge in [0.1, 0.15) is 11.4 Å². The van der Waals surface area contributed by atoms with Gasteiger partial charge in [0.2, 0.25) is 5.89 Å². The molecule has 0 saturated heterocycles. The van der Waals surface area contributed by atoms with E-state index in [9.17, 15) is 28.0 Å². The van der Waals surface area contributed by atoms with Crippen LogP contribution in [0.5, 0.6) is 5.75 Å². The molecule has 0 bridgehead atoms. The summed E-state index contributed by atoms with van der Waals surface area (Å²) in [5.74, 6) is -0.632. The van der Waals surface area contributed by atoms with Crippen LogP contribution in [0.2, 0.25) is 5.02 Å². The fraction of sp³-hybridized carbons (Fsp3) is 0.160. The molecule has 38 heavy (non-hydrogen) atoms. The molecule has 2 aromatic carbocycles. The first-order valence-corrected chi connectivity index (χ1v) is 11.3. The van der Waals surface area contributed by atoms with Crippen molar-refractivity contribution in [1.82, 2.24) is 15.2 Å². The van der Waals surface area contributed by atoms with Gasteiger partial charge in [-0.3, -0.25) is 9.78 Å². The zero-order valence-corrected chi connectivity index (χ0v) is 20.1. The number of aromatic amines is 1. The number of carbonyl (C=O) groups is 1. The van der Waals surface area contributed by atoms with Gasteiger partial charge >= 0.3 is 11.9 Å². The van der Waals surface area contributed by atoms with Crippen molar-refractivity contribution in [3.8, 4) is 11.8 Å². The number of ether oxygens (including phenoxy) is 1. The largest absolute Gasteiger partial charge is 0.491 e. The van der Waals surface area contributed by atoms with E-state index >= 15 is 0 Å². The Labute approximate surface area is 217 Å². The number of hydrogen-bond acceptors (Lipinski definition) is 7. The van der Waals surface area contributed by atoms with E-state index in [4.69, 9.17) is 20.8 Å². The molecule has 0 aliphatic rings. The number of hydrogen-bond donors (Lipinski definition) is 2. The molecule has 0 aliphatic heterocycles. The maximum absolute atomic E-state index is 13.0. The molecule has 0 atom stereocenters. The van der Waals surface area contributed by atoms with Crippen molar-refractivity contribution in [2.45, 2.75) is 19.0 Å². The Morgan fingerprint density at radius 2 is 1.97 bits per heavy atom. The van der Waals surface area contributed by atoms with E-state index in [1.807, 2.05) is 0 Å². The lowest BCUT2D eigenvalue weighted by Crippen LogP contribution is -2.14. The number of rotatable bonds is 8. The zero-order chi connectivity index (χ0) is 27.3. The van der Waals surface area contributed by atoms with E-state index in [0.29, 0.717) is 23.1 Å². The highest BCUT2D eigenvalue weighted by molar-refractivity contribution is 6.31. The lowest BCUT2D eigenvalue weighted by molar-refractivity contribution is -0.141. The second-order valence-corrected chi connectivity index (χ2v) is 8.28. The average molecular weight is 544 g/mol. The Morgan fingerprint density at radius 3 is 2.68 bits per heavy atom. The van der Waals surface area contributed by atoms with Gasteiger partial charge in [0.05, 0.1) is 30.3 Å². The van der Waals surface area contributed by atoms with Crippen LogP contribution >= 0.6 is 11.6 Å². The monoisotopic (exact) mass is 543 g/mol. The summed E-state index contributed by atoms with van der Waals surface area (Å²) >= 11 is 6.28. The number of amides is 1. The van der Waals surface area contributed by atoms with E-state index in [0.717, 1.165) is 6.20 Å². The predicted molar refractivity (Wildman–Crippen MR) is 129 cm³/mol. The SMILES string of the molecule is N#Cc1cc(C(F)(F)F)ncc1Cc1cc(C(=O)Nc2ccccc2OCCc2n[nH]c(=O)o2)ccc1Cl. The number of alkyl halides is 3. The Bertz CT molecular complexity index is 1580. The number of nitrogens with one attached hydrogen (secondary N) is 2. The van der Waals surface area contributed by atoms with Gasteiger partial charge in [-0.25, -0.2) is 9.89 Å². The Kier molecular flexibility index (Phi) is 7.78. The highest BCUT2D eigenvalue weighted by atomic mass is 35.5. The van der Waals surface area contributed by atoms with Crippen molar-refractivity contribution in [3.63, 3.8) is 0 Å². The van der Waals surface area contributed by atoms with Crippen molar-refractivity contribution in [3.05, 3.63) is 104 Å². The van der Waals surface area contributed by atoms with Crippen LogP contribution in [0.1, 0.15) is 38.6 Å². The number of carbonyl (C=O) groups excluding carboxylic acids is 1. The van der Waals surface area contributed by atoms with Gasteiger partial charge in [-0.1, -0.05) is 23.7 Å². The predicted octanol–water partition coefficient (Wildman–Crippen LogP) is 4.77. The minimum absolute atomic E-state index is 0.0169. The Balaban J connectivity index is 1.49. The quantitative estimate of drug-likeness (QED) is 0.327. The number of benzene rings is 2. The summed E-state index contributed by atoms with van der Waals surface area (Å²) in [7, 11) is 0. The molecule has 13 heteroatoms. The molecule has 0 radical (unpaired) electrons. The van der Waals surface area contributed by atoms with Crippen LogP contribution in [0.15, 0.2) is 63.9 Å². The fourth-order valence-corrected chi connectivity index (χ4v) is 3.63. The van der Waals surface area contributed by atoms with E-state index < -0.39 is 23.5 Å². The summed E-state index contributed by atoms with van der Waals surface area (Å²) in [5.41, 5.74) is -0.133. The van der Waals surface area contributed by atoms with Crippen molar-refractivity contribution in [2.75, 3.05) is 11.9 Å². The minimum Gasteiger partial charge on any atom is -0.491 e. The summed E-state index contributed by atoms with van der Waals surface area (Å²) in [6.45, 7) is 0.119. The number of para-hydroxylation sites is 2. The minimum atomic E-state index is -4.69. The smallest absolute Gasteiger partial charge is 0.434 e. The Morgan fingerprint density at radius 1 is 1.18 bits per heavy atom. The molecule has 4 rings (SSSR count). The average Bonchev–Trinajstić information content (AvgIpc) is 3.30. The van der Waals surface area contributed by atoms with Gasteiger partial charge in [0.15, 0.2) is 0 Å². The molecule has 194 valence electrons. The molecule has 2 N–H and O–H groups in total. The molecule has 4 aromatic rings. The fourth-order valence-electron chi connectivity index (χ4n) is 3.45. The van der Waals surface area contributed by atoms with Crippen LogP contribution in [0.25, 0.3) is 0 Å². The van der Waals surface area contributed by atoms with Gasteiger partial charge < -0.3 is 14.5 Å². The van der Waals surface area contributed by atoms with Crippen molar-refractivity contribution in [1.29, 1.82) is 5.26 Å². The molecular weight excluding hydrogens is 527 g/mol. The first-order valence-electron chi connectivity index (χ1n) is 11.0. The summed E-state index contributed by atoms with van der Waals surface area (Å²) < 4.78 is 49.4. The van der Waals surface area contributed by atoms with Gasteiger partial charge in [-0.2, -0.15) is 18.4 Å². The molecule has 0 saturated carbocycles. The number of anilines is 1. The van der Waals surface area contributed by atoms with Crippen molar-refractivity contribution < 1.29 is 27.1 Å². The molecule has 0 spiro atoms. The number of pyridine rings is 1. The van der Waals surface area contributed by atoms with E-state index in [-0.39, 0.29) is 47.1 Å². The molecule has 1 amide bonds. The van der Waals surface area contributed by atoms with Gasteiger partial charge in [0.25, 0.3) is 5.91 Å². The van der Waals surface area contributed by atoms with Crippen LogP contribution in [0.3, 0.4) is 0 Å². The highest BCUT2D eigenvalue weighted by Gasteiger charge is 2.33. The third-order valence-corrected chi connectivity index (χ3v) is 5.65. The number of halogens is 4. The second-order valence-electron chi connectivity index (χ2n) is 7.87. The highest BCUT2D eigenvalue weighted by Crippen LogP contribution is 2.30. The van der Waals surface area contributed by atoms with E-state index in [2.05, 4.69) is 20.5 Å². The summed E-state index contributed by atoms with van der Waals surface area (Å²) in [6.07, 6.45) is -3.51. The van der Waals surface area contributed by atoms with Gasteiger partial charge in [-0.15, -0.1) is 5.10 Å². The number of H-pyrrole nitrogens is 1. The normalized spacial score (nSPS) is 11.1. The third kappa shape index (κ3) is 6.37. The summed E-state index contributed by atoms with van der Waals surface area (Å²) in [5, 5.41) is 18.2. The maximum atomic E-state index is 13.0. The van der Waals surface area contributed by atoms with Crippen molar-refractivity contribution in [2.24, 2.45) is 0 Å². The molecule has 0 unspecified atom stereocenters. The number of nitrogens with zero attached hydrogens (tertiary/aromatic N) is 3. The number of aromatic nitrogens is 3. The second kappa shape index (κ2) is 11.2. The molecule has 2 heterocycles. The lowest BCUT2D eigenvalue weighted by atomic mass is 9.99.